The lowest BCUT2D eigenvalue weighted by Crippen LogP contribution is -2.15. The second-order valence-electron chi connectivity index (χ2n) is 3.30. The van der Waals surface area contributed by atoms with E-state index in [2.05, 4.69) is 0 Å². The Balaban J connectivity index is 2.19. The van der Waals surface area contributed by atoms with Gasteiger partial charge in [-0.25, -0.2) is 0 Å². The second kappa shape index (κ2) is 3.86. The van der Waals surface area contributed by atoms with E-state index in [9.17, 15) is 0 Å². The van der Waals surface area contributed by atoms with Crippen molar-refractivity contribution in [3.8, 4) is 11.5 Å². The summed E-state index contributed by atoms with van der Waals surface area (Å²) in [5, 5.41) is 0. The molecule has 0 unspecified atom stereocenters. The van der Waals surface area contributed by atoms with Gasteiger partial charge in [-0.15, -0.1) is 0 Å². The quantitative estimate of drug-likeness (QED) is 0.745. The molecular weight excluding hydrogens is 180 g/mol. The van der Waals surface area contributed by atoms with Crippen LogP contribution < -0.4 is 20.9 Å². The van der Waals surface area contributed by atoms with Gasteiger partial charge in [0.1, 0.15) is 0 Å². The smallest absolute Gasteiger partial charge is 0.231 e. The first-order valence-electron chi connectivity index (χ1n) is 4.66. The monoisotopic (exact) mass is 194 g/mol. The fourth-order valence-electron chi connectivity index (χ4n) is 1.49. The highest BCUT2D eigenvalue weighted by atomic mass is 16.7. The summed E-state index contributed by atoms with van der Waals surface area (Å²) in [7, 11) is 0. The third kappa shape index (κ3) is 1.66. The number of benzene rings is 1. The van der Waals surface area contributed by atoms with E-state index >= 15 is 0 Å². The van der Waals surface area contributed by atoms with Crippen molar-refractivity contribution in [1.82, 2.24) is 0 Å². The Morgan fingerprint density at radius 3 is 2.86 bits per heavy atom. The molecule has 1 aromatic rings. The molecule has 0 aromatic heterocycles. The van der Waals surface area contributed by atoms with Gasteiger partial charge in [-0.3, -0.25) is 0 Å². The molecule has 2 rings (SSSR count). The normalized spacial score (nSPS) is 15.6. The molecule has 1 atom stereocenters. The number of ether oxygens (including phenoxy) is 2. The second-order valence-corrected chi connectivity index (χ2v) is 3.30. The van der Waals surface area contributed by atoms with Crippen LogP contribution in [0.25, 0.3) is 0 Å². The van der Waals surface area contributed by atoms with Crippen LogP contribution in [0.4, 0.5) is 0 Å². The highest BCUT2D eigenvalue weighted by Crippen LogP contribution is 2.34. The molecule has 0 spiro atoms. The number of hydrogen-bond acceptors (Lipinski definition) is 4. The maximum Gasteiger partial charge on any atom is 0.231 e. The Kier molecular flexibility index (Phi) is 2.56. The highest BCUT2D eigenvalue weighted by Gasteiger charge is 2.15. The maximum absolute atomic E-state index is 5.92. The Morgan fingerprint density at radius 1 is 1.29 bits per heavy atom. The molecule has 0 radical (unpaired) electrons. The average Bonchev–Trinajstić information content (AvgIpc) is 2.64. The molecule has 0 saturated heterocycles. The zero-order valence-electron chi connectivity index (χ0n) is 7.90. The molecule has 0 bridgehead atoms. The predicted octanol–water partition coefficient (Wildman–Crippen LogP) is 0.764. The van der Waals surface area contributed by atoms with E-state index in [0.29, 0.717) is 13.3 Å². The molecule has 0 aliphatic carbocycles. The van der Waals surface area contributed by atoms with Gasteiger partial charge >= 0.3 is 0 Å². The first-order chi connectivity index (χ1) is 6.81. The first-order valence-corrected chi connectivity index (χ1v) is 4.66. The number of rotatable bonds is 3. The Bertz CT molecular complexity index is 328. The van der Waals surface area contributed by atoms with Gasteiger partial charge in [0, 0.05) is 6.04 Å². The summed E-state index contributed by atoms with van der Waals surface area (Å²) < 4.78 is 10.5. The minimum Gasteiger partial charge on any atom is -0.454 e. The van der Waals surface area contributed by atoms with Crippen LogP contribution in [0, 0.1) is 0 Å². The number of fused-ring (bicyclic) bond motifs is 1. The minimum atomic E-state index is -0.0190. The standard InChI is InChI=1S/C10H14N2O2/c11-4-3-8(12)7-1-2-9-10(5-7)14-6-13-9/h1-2,5,8H,3-4,6,11-12H2/t8-/m0/s1. The molecule has 4 N–H and O–H groups in total. The Morgan fingerprint density at radius 2 is 2.07 bits per heavy atom. The van der Waals surface area contributed by atoms with Gasteiger partial charge in [-0.2, -0.15) is 0 Å². The summed E-state index contributed by atoms with van der Waals surface area (Å²) in [6, 6.07) is 5.74. The van der Waals surface area contributed by atoms with Crippen LogP contribution >= 0.6 is 0 Å². The van der Waals surface area contributed by atoms with Gasteiger partial charge in [-0.05, 0) is 30.7 Å². The molecule has 4 heteroatoms. The summed E-state index contributed by atoms with van der Waals surface area (Å²) in [5.41, 5.74) is 12.4. The molecule has 4 nitrogen and oxygen atoms in total. The Labute approximate surface area is 82.8 Å². The fraction of sp³-hybridized carbons (Fsp3) is 0.400. The average molecular weight is 194 g/mol. The van der Waals surface area contributed by atoms with E-state index in [1.54, 1.807) is 0 Å². The van der Waals surface area contributed by atoms with Crippen molar-refractivity contribution in [2.75, 3.05) is 13.3 Å². The summed E-state index contributed by atoms with van der Waals surface area (Å²) in [5.74, 6) is 1.56. The third-order valence-corrected chi connectivity index (χ3v) is 2.30. The molecule has 1 heterocycles. The SMILES string of the molecule is NCC[C@H](N)c1ccc2c(c1)OCO2. The number of nitrogens with two attached hydrogens (primary N) is 2. The van der Waals surface area contributed by atoms with Gasteiger partial charge in [0.2, 0.25) is 6.79 Å². The van der Waals surface area contributed by atoms with E-state index in [0.717, 1.165) is 23.5 Å². The third-order valence-electron chi connectivity index (χ3n) is 2.30. The van der Waals surface area contributed by atoms with Crippen LogP contribution in [0.15, 0.2) is 18.2 Å². The van der Waals surface area contributed by atoms with Crippen LogP contribution in [-0.4, -0.2) is 13.3 Å². The lowest BCUT2D eigenvalue weighted by atomic mass is 10.0. The molecule has 0 saturated carbocycles. The predicted molar refractivity (Wildman–Crippen MR) is 53.2 cm³/mol. The highest BCUT2D eigenvalue weighted by molar-refractivity contribution is 5.45. The molecule has 1 aliphatic heterocycles. The summed E-state index contributed by atoms with van der Waals surface area (Å²) in [6.07, 6.45) is 0.777. The van der Waals surface area contributed by atoms with Crippen LogP contribution in [0.3, 0.4) is 0 Å². The van der Waals surface area contributed by atoms with E-state index < -0.39 is 0 Å². The van der Waals surface area contributed by atoms with Crippen molar-refractivity contribution in [2.45, 2.75) is 12.5 Å². The molecule has 1 aromatic carbocycles. The molecule has 14 heavy (non-hydrogen) atoms. The summed E-state index contributed by atoms with van der Waals surface area (Å²) in [6.45, 7) is 0.889. The van der Waals surface area contributed by atoms with Crippen LogP contribution in [0.5, 0.6) is 11.5 Å². The van der Waals surface area contributed by atoms with Crippen molar-refractivity contribution >= 4 is 0 Å². The lowest BCUT2D eigenvalue weighted by Gasteiger charge is -2.10. The molecule has 1 aliphatic rings. The van der Waals surface area contributed by atoms with Crippen molar-refractivity contribution in [3.63, 3.8) is 0 Å². The van der Waals surface area contributed by atoms with Crippen molar-refractivity contribution in [3.05, 3.63) is 23.8 Å². The van der Waals surface area contributed by atoms with Crippen molar-refractivity contribution in [2.24, 2.45) is 11.5 Å². The topological polar surface area (TPSA) is 70.5 Å². The van der Waals surface area contributed by atoms with Gasteiger partial charge < -0.3 is 20.9 Å². The van der Waals surface area contributed by atoms with Crippen LogP contribution in [-0.2, 0) is 0 Å². The zero-order valence-corrected chi connectivity index (χ0v) is 7.90. The van der Waals surface area contributed by atoms with Crippen molar-refractivity contribution in [1.29, 1.82) is 0 Å². The van der Waals surface area contributed by atoms with Crippen LogP contribution in [0.2, 0.25) is 0 Å². The maximum atomic E-state index is 5.92. The zero-order chi connectivity index (χ0) is 9.97. The largest absolute Gasteiger partial charge is 0.454 e. The van der Waals surface area contributed by atoms with Crippen LogP contribution in [0.1, 0.15) is 18.0 Å². The van der Waals surface area contributed by atoms with Gasteiger partial charge in [0.25, 0.3) is 0 Å². The Hall–Kier alpha value is -1.26. The van der Waals surface area contributed by atoms with E-state index in [1.165, 1.54) is 0 Å². The molecule has 76 valence electrons. The van der Waals surface area contributed by atoms with Gasteiger partial charge in [-0.1, -0.05) is 6.07 Å². The minimum absolute atomic E-state index is 0.0190. The molecule has 0 fully saturated rings. The summed E-state index contributed by atoms with van der Waals surface area (Å²) >= 11 is 0. The lowest BCUT2D eigenvalue weighted by molar-refractivity contribution is 0.174. The van der Waals surface area contributed by atoms with E-state index in [4.69, 9.17) is 20.9 Å². The number of hydrogen-bond donors (Lipinski definition) is 2. The fourth-order valence-corrected chi connectivity index (χ4v) is 1.49. The van der Waals surface area contributed by atoms with Gasteiger partial charge in [0.05, 0.1) is 0 Å². The molecule has 0 amide bonds. The van der Waals surface area contributed by atoms with Crippen molar-refractivity contribution < 1.29 is 9.47 Å². The van der Waals surface area contributed by atoms with E-state index in [-0.39, 0.29) is 6.04 Å². The first kappa shape index (κ1) is 9.30. The molecular formula is C10H14N2O2. The summed E-state index contributed by atoms with van der Waals surface area (Å²) in [4.78, 5) is 0. The van der Waals surface area contributed by atoms with Gasteiger partial charge in [0.15, 0.2) is 11.5 Å². The van der Waals surface area contributed by atoms with E-state index in [1.807, 2.05) is 18.2 Å².